The number of aryl methyl sites for hydroxylation is 2. The predicted molar refractivity (Wildman–Crippen MR) is 119 cm³/mol. The van der Waals surface area contributed by atoms with E-state index < -0.39 is 14.9 Å². The van der Waals surface area contributed by atoms with Crippen molar-refractivity contribution in [1.29, 1.82) is 0 Å². The summed E-state index contributed by atoms with van der Waals surface area (Å²) in [5.41, 5.74) is 2.26. The Morgan fingerprint density at radius 1 is 1.06 bits per heavy atom. The summed E-state index contributed by atoms with van der Waals surface area (Å²) in [5.74, 6) is 0.811. The number of piperidine rings is 1. The molecule has 2 aliphatic rings. The van der Waals surface area contributed by atoms with E-state index in [0.717, 1.165) is 55.9 Å². The van der Waals surface area contributed by atoms with Gasteiger partial charge in [0.05, 0.1) is 15.5 Å². The van der Waals surface area contributed by atoms with Crippen molar-refractivity contribution in [3.8, 4) is 0 Å². The van der Waals surface area contributed by atoms with Crippen molar-refractivity contribution in [1.82, 2.24) is 14.4 Å². The number of rotatable bonds is 6. The molecule has 10 nitrogen and oxygen atoms in total. The summed E-state index contributed by atoms with van der Waals surface area (Å²) in [6, 6.07) is 4.30. The number of nitro benzene ring substituents is 1. The van der Waals surface area contributed by atoms with Crippen molar-refractivity contribution in [3.63, 3.8) is 0 Å². The molecule has 3 heterocycles. The van der Waals surface area contributed by atoms with Gasteiger partial charge in [-0.2, -0.15) is 4.31 Å². The van der Waals surface area contributed by atoms with Crippen LogP contribution in [0.4, 0.5) is 11.4 Å². The largest absolute Gasteiger partial charge is 0.363 e. The monoisotopic (exact) mass is 463 g/mol. The molecule has 0 spiro atoms. The third-order valence-electron chi connectivity index (χ3n) is 6.37. The smallest absolute Gasteiger partial charge is 0.293 e. The quantitative estimate of drug-likeness (QED) is 0.475. The van der Waals surface area contributed by atoms with E-state index >= 15 is 0 Å². The zero-order chi connectivity index (χ0) is 22.9. The van der Waals surface area contributed by atoms with E-state index in [1.165, 1.54) is 16.4 Å². The van der Waals surface area contributed by atoms with Crippen LogP contribution >= 0.6 is 0 Å². The summed E-state index contributed by atoms with van der Waals surface area (Å²) in [7, 11) is -3.72. The topological polar surface area (TPSA) is 113 Å². The van der Waals surface area contributed by atoms with Crippen LogP contribution in [0.5, 0.6) is 0 Å². The van der Waals surface area contributed by atoms with Gasteiger partial charge in [0, 0.05) is 57.4 Å². The molecule has 0 aliphatic carbocycles. The van der Waals surface area contributed by atoms with Crippen LogP contribution in [0.15, 0.2) is 27.6 Å². The SMILES string of the molecule is Cc1noc(C)c1CN1CCN(c2ccc(S(=O)(=O)N3CCCCC3)cc2[N+](=O)[O-])CC1. The van der Waals surface area contributed by atoms with Gasteiger partial charge in [-0.15, -0.1) is 0 Å². The number of sulfonamides is 1. The Morgan fingerprint density at radius 3 is 2.34 bits per heavy atom. The van der Waals surface area contributed by atoms with Crippen LogP contribution in [0.2, 0.25) is 0 Å². The number of aromatic nitrogens is 1. The van der Waals surface area contributed by atoms with Gasteiger partial charge in [-0.3, -0.25) is 15.0 Å². The number of hydrogen-bond acceptors (Lipinski definition) is 8. The molecule has 1 aromatic heterocycles. The van der Waals surface area contributed by atoms with Crippen LogP contribution in [0.1, 0.15) is 36.3 Å². The third kappa shape index (κ3) is 4.50. The minimum Gasteiger partial charge on any atom is -0.363 e. The number of benzene rings is 1. The van der Waals surface area contributed by atoms with Gasteiger partial charge >= 0.3 is 0 Å². The lowest BCUT2D eigenvalue weighted by atomic mass is 10.1. The zero-order valence-electron chi connectivity index (χ0n) is 18.5. The number of nitrogens with zero attached hydrogens (tertiary/aromatic N) is 5. The Morgan fingerprint density at radius 2 is 1.75 bits per heavy atom. The second kappa shape index (κ2) is 9.16. The first-order valence-electron chi connectivity index (χ1n) is 10.9. The first-order valence-corrected chi connectivity index (χ1v) is 12.4. The molecule has 32 heavy (non-hydrogen) atoms. The summed E-state index contributed by atoms with van der Waals surface area (Å²) in [4.78, 5) is 15.5. The van der Waals surface area contributed by atoms with Gasteiger partial charge < -0.3 is 9.42 Å². The average Bonchev–Trinajstić information content (AvgIpc) is 3.12. The van der Waals surface area contributed by atoms with E-state index in [9.17, 15) is 18.5 Å². The highest BCUT2D eigenvalue weighted by Gasteiger charge is 2.30. The molecule has 0 N–H and O–H groups in total. The summed E-state index contributed by atoms with van der Waals surface area (Å²) in [5, 5.41) is 15.8. The lowest BCUT2D eigenvalue weighted by Gasteiger charge is -2.35. The first kappa shape index (κ1) is 22.7. The van der Waals surface area contributed by atoms with E-state index in [4.69, 9.17) is 4.52 Å². The summed E-state index contributed by atoms with van der Waals surface area (Å²) < 4.78 is 32.6. The van der Waals surface area contributed by atoms with Crippen LogP contribution in [-0.2, 0) is 16.6 Å². The van der Waals surface area contributed by atoms with E-state index in [2.05, 4.69) is 10.1 Å². The molecular weight excluding hydrogens is 434 g/mol. The van der Waals surface area contributed by atoms with Gasteiger partial charge in [0.2, 0.25) is 10.0 Å². The number of anilines is 1. The summed E-state index contributed by atoms with van der Waals surface area (Å²) >= 11 is 0. The fraction of sp³-hybridized carbons (Fsp3) is 0.571. The third-order valence-corrected chi connectivity index (χ3v) is 8.27. The molecule has 0 bridgehead atoms. The molecule has 2 aromatic rings. The minimum atomic E-state index is -3.72. The van der Waals surface area contributed by atoms with Crippen molar-refractivity contribution < 1.29 is 17.9 Å². The van der Waals surface area contributed by atoms with Crippen molar-refractivity contribution in [2.45, 2.75) is 44.6 Å². The van der Waals surface area contributed by atoms with Crippen LogP contribution in [0.25, 0.3) is 0 Å². The van der Waals surface area contributed by atoms with Gasteiger partial charge in [-0.1, -0.05) is 11.6 Å². The molecule has 2 saturated heterocycles. The fourth-order valence-electron chi connectivity index (χ4n) is 4.43. The Labute approximate surface area is 188 Å². The molecule has 0 amide bonds. The molecule has 0 saturated carbocycles. The molecular formula is C21H29N5O5S. The van der Waals surface area contributed by atoms with E-state index in [1.807, 2.05) is 18.7 Å². The number of hydrogen-bond donors (Lipinski definition) is 0. The maximum Gasteiger partial charge on any atom is 0.293 e. The predicted octanol–water partition coefficient (Wildman–Crippen LogP) is 2.70. The maximum absolute atomic E-state index is 13.0. The van der Waals surface area contributed by atoms with E-state index in [0.29, 0.717) is 31.9 Å². The van der Waals surface area contributed by atoms with Crippen molar-refractivity contribution in [3.05, 3.63) is 45.3 Å². The van der Waals surface area contributed by atoms with Crippen LogP contribution in [0, 0.1) is 24.0 Å². The van der Waals surface area contributed by atoms with Crippen molar-refractivity contribution in [2.75, 3.05) is 44.2 Å². The highest BCUT2D eigenvalue weighted by atomic mass is 32.2. The highest BCUT2D eigenvalue weighted by Crippen LogP contribution is 2.33. The number of nitro groups is 1. The molecule has 4 rings (SSSR count). The highest BCUT2D eigenvalue weighted by molar-refractivity contribution is 7.89. The van der Waals surface area contributed by atoms with Crippen molar-refractivity contribution in [2.24, 2.45) is 0 Å². The standard InChI is InChI=1S/C21H29N5O5S/c1-16-19(17(2)31-22-16)15-23-10-12-24(13-11-23)20-7-6-18(14-21(20)26(27)28)32(29,30)25-8-4-3-5-9-25/h6-7,14H,3-5,8-13,15H2,1-2H3. The molecule has 174 valence electrons. The first-order chi connectivity index (χ1) is 15.3. The Balaban J connectivity index is 1.50. The average molecular weight is 464 g/mol. The van der Waals surface area contributed by atoms with Crippen molar-refractivity contribution >= 4 is 21.4 Å². The van der Waals surface area contributed by atoms with Gasteiger partial charge in [-0.05, 0) is 38.8 Å². The molecule has 11 heteroatoms. The Kier molecular flexibility index (Phi) is 6.50. The van der Waals surface area contributed by atoms with Crippen LogP contribution in [0.3, 0.4) is 0 Å². The second-order valence-corrected chi connectivity index (χ2v) is 10.4. The van der Waals surface area contributed by atoms with Gasteiger partial charge in [-0.25, -0.2) is 8.42 Å². The lowest BCUT2D eigenvalue weighted by molar-refractivity contribution is -0.384. The lowest BCUT2D eigenvalue weighted by Crippen LogP contribution is -2.46. The second-order valence-electron chi connectivity index (χ2n) is 8.44. The maximum atomic E-state index is 13.0. The fourth-order valence-corrected chi connectivity index (χ4v) is 5.97. The van der Waals surface area contributed by atoms with Gasteiger partial charge in [0.25, 0.3) is 5.69 Å². The van der Waals surface area contributed by atoms with Crippen LogP contribution in [-0.4, -0.2) is 67.0 Å². The summed E-state index contributed by atoms with van der Waals surface area (Å²) in [6.07, 6.45) is 2.64. The molecule has 2 aliphatic heterocycles. The number of piperazine rings is 1. The molecule has 2 fully saturated rings. The molecule has 1 aromatic carbocycles. The van der Waals surface area contributed by atoms with E-state index in [-0.39, 0.29) is 10.6 Å². The molecule has 0 unspecified atom stereocenters. The van der Waals surface area contributed by atoms with Gasteiger partial charge in [0.1, 0.15) is 11.4 Å². The van der Waals surface area contributed by atoms with Crippen LogP contribution < -0.4 is 4.90 Å². The molecule has 0 atom stereocenters. The zero-order valence-corrected chi connectivity index (χ0v) is 19.3. The van der Waals surface area contributed by atoms with Gasteiger partial charge in [0.15, 0.2) is 0 Å². The van der Waals surface area contributed by atoms with E-state index in [1.54, 1.807) is 6.07 Å². The minimum absolute atomic E-state index is 0.00751. The summed E-state index contributed by atoms with van der Waals surface area (Å²) in [6.45, 7) is 8.16. The normalized spacial score (nSPS) is 18.8. The Hall–Kier alpha value is -2.50. The molecule has 0 radical (unpaired) electrons. The Bertz CT molecular complexity index is 1070.